The van der Waals surface area contributed by atoms with Gasteiger partial charge in [-0.3, -0.25) is 4.79 Å². The van der Waals surface area contributed by atoms with Gasteiger partial charge in [-0.05, 0) is 40.3 Å². The van der Waals surface area contributed by atoms with E-state index in [0.717, 1.165) is 5.56 Å². The summed E-state index contributed by atoms with van der Waals surface area (Å²) >= 11 is 2.12. The molecular formula is C16H11IO3. The van der Waals surface area contributed by atoms with Gasteiger partial charge in [0.15, 0.2) is 5.43 Å². The van der Waals surface area contributed by atoms with Crippen molar-refractivity contribution < 1.29 is 9.15 Å². The number of hydrogen-bond donors (Lipinski definition) is 0. The number of fused-ring (bicyclic) bond motifs is 1. The van der Waals surface area contributed by atoms with Crippen LogP contribution in [0.4, 0.5) is 0 Å². The number of hydrogen-bond acceptors (Lipinski definition) is 3. The van der Waals surface area contributed by atoms with Crippen molar-refractivity contribution in [2.75, 3.05) is 4.61 Å². The molecule has 4 heteroatoms. The minimum absolute atomic E-state index is 0.0292. The van der Waals surface area contributed by atoms with Crippen molar-refractivity contribution in [1.29, 1.82) is 0 Å². The molecule has 0 aliphatic carbocycles. The van der Waals surface area contributed by atoms with Gasteiger partial charge in [-0.1, -0.05) is 30.3 Å². The Hall–Kier alpha value is -1.82. The van der Waals surface area contributed by atoms with Gasteiger partial charge in [0, 0.05) is 6.07 Å². The predicted molar refractivity (Wildman–Crippen MR) is 87.4 cm³/mol. The summed E-state index contributed by atoms with van der Waals surface area (Å²) in [6.45, 7) is 0. The molecule has 0 aliphatic heterocycles. The standard InChI is InChI=1S/C16H11IO3/c17-10-20-12-6-7-13-15(8-12)19-9-14(16(13)18)11-4-2-1-3-5-11/h1-9H,10H2. The van der Waals surface area contributed by atoms with E-state index in [1.54, 1.807) is 18.2 Å². The predicted octanol–water partition coefficient (Wildman–Crippen LogP) is 4.23. The van der Waals surface area contributed by atoms with Gasteiger partial charge in [0.1, 0.15) is 22.2 Å². The summed E-state index contributed by atoms with van der Waals surface area (Å²) in [4.78, 5) is 12.5. The Labute approximate surface area is 129 Å². The summed E-state index contributed by atoms with van der Waals surface area (Å²) in [7, 11) is 0. The monoisotopic (exact) mass is 378 g/mol. The lowest BCUT2D eigenvalue weighted by molar-refractivity contribution is 0.404. The fourth-order valence-corrected chi connectivity index (χ4v) is 2.44. The Balaban J connectivity index is 2.17. The zero-order valence-electron chi connectivity index (χ0n) is 10.5. The minimum atomic E-state index is -0.0292. The van der Waals surface area contributed by atoms with E-state index in [2.05, 4.69) is 22.6 Å². The molecule has 0 fully saturated rings. The Morgan fingerprint density at radius 3 is 2.65 bits per heavy atom. The zero-order valence-corrected chi connectivity index (χ0v) is 12.7. The van der Waals surface area contributed by atoms with E-state index in [0.29, 0.717) is 26.9 Å². The van der Waals surface area contributed by atoms with E-state index < -0.39 is 0 Å². The molecule has 3 aromatic rings. The second-order valence-electron chi connectivity index (χ2n) is 4.26. The van der Waals surface area contributed by atoms with Crippen LogP contribution >= 0.6 is 22.6 Å². The first-order valence-corrected chi connectivity index (χ1v) is 7.62. The average molecular weight is 378 g/mol. The maximum absolute atomic E-state index is 12.5. The van der Waals surface area contributed by atoms with Crippen molar-refractivity contribution >= 4 is 33.6 Å². The minimum Gasteiger partial charge on any atom is -0.483 e. The number of halogens is 1. The maximum atomic E-state index is 12.5. The SMILES string of the molecule is O=c1c(-c2ccccc2)coc2cc(OCI)ccc12. The molecule has 1 aromatic heterocycles. The van der Waals surface area contributed by atoms with Crippen LogP contribution in [0.5, 0.6) is 5.75 Å². The smallest absolute Gasteiger partial charge is 0.200 e. The molecular weight excluding hydrogens is 367 g/mol. The van der Waals surface area contributed by atoms with Gasteiger partial charge in [0.2, 0.25) is 0 Å². The molecule has 0 atom stereocenters. The third-order valence-electron chi connectivity index (χ3n) is 3.05. The topological polar surface area (TPSA) is 39.4 Å². The summed E-state index contributed by atoms with van der Waals surface area (Å²) < 4.78 is 11.5. The first kappa shape index (κ1) is 13.2. The molecule has 0 unspecified atom stereocenters. The fourth-order valence-electron chi connectivity index (χ4n) is 2.08. The lowest BCUT2D eigenvalue weighted by Crippen LogP contribution is -2.04. The second-order valence-corrected chi connectivity index (χ2v) is 4.88. The molecule has 3 rings (SSSR count). The normalized spacial score (nSPS) is 10.7. The van der Waals surface area contributed by atoms with Crippen LogP contribution < -0.4 is 10.2 Å². The molecule has 0 N–H and O–H groups in total. The molecule has 2 aromatic carbocycles. The molecule has 1 heterocycles. The maximum Gasteiger partial charge on any atom is 0.200 e. The Morgan fingerprint density at radius 1 is 1.10 bits per heavy atom. The highest BCUT2D eigenvalue weighted by molar-refractivity contribution is 14.1. The largest absolute Gasteiger partial charge is 0.483 e. The molecule has 3 nitrogen and oxygen atoms in total. The highest BCUT2D eigenvalue weighted by atomic mass is 127. The van der Waals surface area contributed by atoms with Gasteiger partial charge in [-0.15, -0.1) is 0 Å². The summed E-state index contributed by atoms with van der Waals surface area (Å²) in [5.74, 6) is 0.697. The van der Waals surface area contributed by atoms with Gasteiger partial charge in [-0.25, -0.2) is 0 Å². The third kappa shape index (κ3) is 2.43. The van der Waals surface area contributed by atoms with E-state index in [4.69, 9.17) is 9.15 Å². The van der Waals surface area contributed by atoms with Crippen molar-refractivity contribution in [3.63, 3.8) is 0 Å². The van der Waals surface area contributed by atoms with Crippen LogP contribution in [0.1, 0.15) is 0 Å². The van der Waals surface area contributed by atoms with Crippen LogP contribution in [-0.4, -0.2) is 4.61 Å². The van der Waals surface area contributed by atoms with Crippen molar-refractivity contribution in [2.24, 2.45) is 0 Å². The van der Waals surface area contributed by atoms with E-state index in [-0.39, 0.29) is 5.43 Å². The Morgan fingerprint density at radius 2 is 1.90 bits per heavy atom. The second kappa shape index (κ2) is 5.66. The molecule has 0 bridgehead atoms. The number of rotatable bonds is 3. The average Bonchev–Trinajstić information content (AvgIpc) is 2.49. The Kier molecular flexibility index (Phi) is 3.73. The molecule has 0 amide bonds. The van der Waals surface area contributed by atoms with Crippen LogP contribution in [0.3, 0.4) is 0 Å². The molecule has 0 radical (unpaired) electrons. The highest BCUT2D eigenvalue weighted by Gasteiger charge is 2.09. The van der Waals surface area contributed by atoms with Crippen molar-refractivity contribution in [1.82, 2.24) is 0 Å². The van der Waals surface area contributed by atoms with Crippen LogP contribution in [0, 0.1) is 0 Å². The summed E-state index contributed by atoms with van der Waals surface area (Å²) in [5, 5.41) is 0.562. The summed E-state index contributed by atoms with van der Waals surface area (Å²) in [5.41, 5.74) is 1.94. The van der Waals surface area contributed by atoms with Gasteiger partial charge >= 0.3 is 0 Å². The lowest BCUT2D eigenvalue weighted by atomic mass is 10.1. The van der Waals surface area contributed by atoms with E-state index in [1.807, 2.05) is 30.3 Å². The van der Waals surface area contributed by atoms with Crippen LogP contribution in [-0.2, 0) is 0 Å². The lowest BCUT2D eigenvalue weighted by Gasteiger charge is -2.05. The van der Waals surface area contributed by atoms with E-state index >= 15 is 0 Å². The summed E-state index contributed by atoms with van der Waals surface area (Å²) in [6.07, 6.45) is 1.51. The van der Waals surface area contributed by atoms with Crippen molar-refractivity contribution in [3.8, 4) is 16.9 Å². The number of ether oxygens (including phenoxy) is 1. The zero-order chi connectivity index (χ0) is 13.9. The molecule has 20 heavy (non-hydrogen) atoms. The van der Waals surface area contributed by atoms with Gasteiger partial charge < -0.3 is 9.15 Å². The fraction of sp³-hybridized carbons (Fsp3) is 0.0625. The van der Waals surface area contributed by atoms with Crippen LogP contribution in [0.25, 0.3) is 22.1 Å². The highest BCUT2D eigenvalue weighted by Crippen LogP contribution is 2.23. The first-order chi connectivity index (χ1) is 9.79. The molecule has 100 valence electrons. The summed E-state index contributed by atoms with van der Waals surface area (Å²) in [6, 6.07) is 14.8. The van der Waals surface area contributed by atoms with E-state index in [1.165, 1.54) is 6.26 Å². The van der Waals surface area contributed by atoms with Gasteiger partial charge in [0.25, 0.3) is 0 Å². The van der Waals surface area contributed by atoms with Gasteiger partial charge in [-0.2, -0.15) is 0 Å². The molecule has 0 spiro atoms. The van der Waals surface area contributed by atoms with Crippen LogP contribution in [0.2, 0.25) is 0 Å². The quantitative estimate of drug-likeness (QED) is 0.506. The van der Waals surface area contributed by atoms with Gasteiger partial charge in [0.05, 0.1) is 10.9 Å². The molecule has 0 saturated heterocycles. The third-order valence-corrected chi connectivity index (χ3v) is 3.36. The first-order valence-electron chi connectivity index (χ1n) is 6.09. The van der Waals surface area contributed by atoms with Crippen molar-refractivity contribution in [2.45, 2.75) is 0 Å². The Bertz CT molecular complexity index is 794. The number of alkyl halides is 1. The van der Waals surface area contributed by atoms with Crippen molar-refractivity contribution in [3.05, 3.63) is 65.0 Å². The van der Waals surface area contributed by atoms with E-state index in [9.17, 15) is 4.79 Å². The molecule has 0 aliphatic rings. The van der Waals surface area contributed by atoms with Crippen LogP contribution in [0.15, 0.2) is 64.0 Å². The number of benzene rings is 2. The molecule has 0 saturated carbocycles.